The lowest BCUT2D eigenvalue weighted by molar-refractivity contribution is 0.230. The van der Waals surface area contributed by atoms with Gasteiger partial charge in [0.25, 0.3) is 0 Å². The molecular formula is C13H19NO. The first kappa shape index (κ1) is 10.5. The second-order valence-electron chi connectivity index (χ2n) is 4.67. The van der Waals surface area contributed by atoms with Gasteiger partial charge in [-0.1, -0.05) is 32.0 Å². The molecule has 2 N–H and O–H groups in total. The zero-order valence-electron chi connectivity index (χ0n) is 9.46. The molecule has 0 radical (unpaired) electrons. The topological polar surface area (TPSA) is 32.3 Å². The van der Waals surface area contributed by atoms with Gasteiger partial charge >= 0.3 is 0 Å². The fraction of sp³-hybridized carbons (Fsp3) is 0.538. The number of nitrogens with one attached hydrogen (secondary N) is 1. The van der Waals surface area contributed by atoms with Gasteiger partial charge in [-0.05, 0) is 23.5 Å². The summed E-state index contributed by atoms with van der Waals surface area (Å²) in [4.78, 5) is 0. The molecule has 2 heteroatoms. The van der Waals surface area contributed by atoms with Gasteiger partial charge in [0.15, 0.2) is 0 Å². The summed E-state index contributed by atoms with van der Waals surface area (Å²) < 4.78 is 0. The van der Waals surface area contributed by atoms with Gasteiger partial charge in [0.1, 0.15) is 0 Å². The van der Waals surface area contributed by atoms with E-state index in [1.165, 1.54) is 16.8 Å². The van der Waals surface area contributed by atoms with E-state index in [1.54, 1.807) is 0 Å². The molecule has 0 aromatic heterocycles. The highest BCUT2D eigenvalue weighted by Gasteiger charge is 2.20. The van der Waals surface area contributed by atoms with Crippen molar-refractivity contribution in [2.75, 3.05) is 18.5 Å². The van der Waals surface area contributed by atoms with E-state index in [-0.39, 0.29) is 6.61 Å². The third-order valence-electron chi connectivity index (χ3n) is 3.14. The third-order valence-corrected chi connectivity index (χ3v) is 3.14. The van der Waals surface area contributed by atoms with E-state index in [2.05, 4.69) is 37.4 Å². The maximum absolute atomic E-state index is 9.16. The van der Waals surface area contributed by atoms with Crippen molar-refractivity contribution in [2.24, 2.45) is 5.92 Å². The van der Waals surface area contributed by atoms with Gasteiger partial charge in [0.05, 0.1) is 0 Å². The van der Waals surface area contributed by atoms with Crippen LogP contribution in [0.3, 0.4) is 0 Å². The number of benzene rings is 1. The normalized spacial score (nSPS) is 19.9. The average molecular weight is 205 g/mol. The Kier molecular flexibility index (Phi) is 2.96. The van der Waals surface area contributed by atoms with Crippen LogP contribution >= 0.6 is 0 Å². The van der Waals surface area contributed by atoms with Gasteiger partial charge in [-0.2, -0.15) is 0 Å². The average Bonchev–Trinajstić information content (AvgIpc) is 2.27. The Morgan fingerprint density at radius 2 is 2.27 bits per heavy atom. The van der Waals surface area contributed by atoms with Crippen LogP contribution in [0, 0.1) is 5.92 Å². The summed E-state index contributed by atoms with van der Waals surface area (Å²) in [6.07, 6.45) is 0.999. The van der Waals surface area contributed by atoms with Gasteiger partial charge in [-0.15, -0.1) is 0 Å². The Balaban J connectivity index is 2.33. The highest BCUT2D eigenvalue weighted by molar-refractivity contribution is 5.60. The van der Waals surface area contributed by atoms with Crippen LogP contribution in [0.15, 0.2) is 18.2 Å². The molecule has 0 aliphatic carbocycles. The molecule has 0 amide bonds. The quantitative estimate of drug-likeness (QED) is 0.777. The number of aliphatic hydroxyl groups excluding tert-OH is 1. The summed E-state index contributed by atoms with van der Waals surface area (Å²) in [6, 6.07) is 6.47. The van der Waals surface area contributed by atoms with Gasteiger partial charge in [-0.25, -0.2) is 0 Å². The molecule has 1 aliphatic rings. The van der Waals surface area contributed by atoms with Crippen LogP contribution in [-0.2, 0) is 6.42 Å². The number of fused-ring (bicyclic) bond motifs is 1. The maximum atomic E-state index is 9.16. The van der Waals surface area contributed by atoms with Crippen LogP contribution in [0.25, 0.3) is 0 Å². The molecule has 1 heterocycles. The van der Waals surface area contributed by atoms with E-state index < -0.39 is 0 Å². The minimum absolute atomic E-state index is 0.276. The number of para-hydroxylation sites is 1. The van der Waals surface area contributed by atoms with Crippen molar-refractivity contribution in [3.8, 4) is 0 Å². The maximum Gasteiger partial charge on any atom is 0.0479 e. The Labute approximate surface area is 91.3 Å². The molecule has 0 saturated heterocycles. The first-order valence-electron chi connectivity index (χ1n) is 5.69. The Morgan fingerprint density at radius 1 is 1.47 bits per heavy atom. The molecule has 0 spiro atoms. The van der Waals surface area contributed by atoms with Crippen LogP contribution in [0.4, 0.5) is 5.69 Å². The summed E-state index contributed by atoms with van der Waals surface area (Å²) in [7, 11) is 0. The second kappa shape index (κ2) is 4.23. The predicted octanol–water partition coefficient (Wildman–Crippen LogP) is 2.39. The number of hydrogen-bond acceptors (Lipinski definition) is 2. The minimum Gasteiger partial charge on any atom is -0.396 e. The van der Waals surface area contributed by atoms with Crippen molar-refractivity contribution in [3.05, 3.63) is 29.3 Å². The van der Waals surface area contributed by atoms with Crippen LogP contribution < -0.4 is 5.32 Å². The smallest absolute Gasteiger partial charge is 0.0479 e. The van der Waals surface area contributed by atoms with E-state index in [0.29, 0.717) is 11.8 Å². The Hall–Kier alpha value is -1.02. The monoisotopic (exact) mass is 205 g/mol. The van der Waals surface area contributed by atoms with Crippen LogP contribution in [0.2, 0.25) is 0 Å². The van der Waals surface area contributed by atoms with E-state index in [9.17, 15) is 0 Å². The van der Waals surface area contributed by atoms with Gasteiger partial charge < -0.3 is 10.4 Å². The standard InChI is InChI=1S/C13H19NO/c1-9(2)12-5-3-4-11-6-10(8-15)7-14-13(11)12/h3-5,9-10,14-15H,6-8H2,1-2H3. The zero-order chi connectivity index (χ0) is 10.8. The Bertz CT molecular complexity index is 346. The molecule has 0 bridgehead atoms. The molecule has 1 aliphatic heterocycles. The lowest BCUT2D eigenvalue weighted by Gasteiger charge is -2.27. The van der Waals surface area contributed by atoms with E-state index >= 15 is 0 Å². The first-order chi connectivity index (χ1) is 7.22. The number of rotatable bonds is 2. The Morgan fingerprint density at radius 3 is 2.93 bits per heavy atom. The summed E-state index contributed by atoms with van der Waals surface area (Å²) in [5.41, 5.74) is 4.05. The number of aliphatic hydroxyl groups is 1. The molecule has 15 heavy (non-hydrogen) atoms. The van der Waals surface area contributed by atoms with E-state index in [0.717, 1.165) is 13.0 Å². The molecule has 1 unspecified atom stereocenters. The van der Waals surface area contributed by atoms with Crippen molar-refractivity contribution >= 4 is 5.69 Å². The number of anilines is 1. The largest absolute Gasteiger partial charge is 0.396 e. The SMILES string of the molecule is CC(C)c1cccc2c1NCC(CO)C2. The second-order valence-corrected chi connectivity index (χ2v) is 4.67. The summed E-state index contributed by atoms with van der Waals surface area (Å²) in [5, 5.41) is 12.6. The lowest BCUT2D eigenvalue weighted by Crippen LogP contribution is -2.26. The highest BCUT2D eigenvalue weighted by Crippen LogP contribution is 2.32. The molecule has 1 aromatic rings. The van der Waals surface area contributed by atoms with Crippen molar-refractivity contribution in [1.29, 1.82) is 0 Å². The molecule has 1 atom stereocenters. The highest BCUT2D eigenvalue weighted by atomic mass is 16.3. The third kappa shape index (κ3) is 2.00. The summed E-state index contributed by atoms with van der Waals surface area (Å²) in [6.45, 7) is 5.61. The fourth-order valence-corrected chi connectivity index (χ4v) is 2.25. The van der Waals surface area contributed by atoms with Crippen molar-refractivity contribution in [1.82, 2.24) is 0 Å². The number of hydrogen-bond donors (Lipinski definition) is 2. The van der Waals surface area contributed by atoms with Crippen LogP contribution in [-0.4, -0.2) is 18.3 Å². The summed E-state index contributed by atoms with van der Waals surface area (Å²) in [5.74, 6) is 0.929. The van der Waals surface area contributed by atoms with Gasteiger partial charge in [0, 0.05) is 24.8 Å². The van der Waals surface area contributed by atoms with Gasteiger partial charge in [-0.3, -0.25) is 0 Å². The van der Waals surface area contributed by atoms with Crippen molar-refractivity contribution < 1.29 is 5.11 Å². The summed E-state index contributed by atoms with van der Waals surface area (Å²) >= 11 is 0. The molecule has 0 saturated carbocycles. The van der Waals surface area contributed by atoms with Crippen molar-refractivity contribution in [2.45, 2.75) is 26.2 Å². The zero-order valence-corrected chi connectivity index (χ0v) is 9.46. The van der Waals surface area contributed by atoms with Gasteiger partial charge in [0.2, 0.25) is 0 Å². The molecular weight excluding hydrogens is 186 g/mol. The van der Waals surface area contributed by atoms with Crippen LogP contribution in [0.5, 0.6) is 0 Å². The molecule has 0 fully saturated rings. The van der Waals surface area contributed by atoms with E-state index in [4.69, 9.17) is 5.11 Å². The van der Waals surface area contributed by atoms with Crippen LogP contribution in [0.1, 0.15) is 30.9 Å². The molecule has 1 aromatic carbocycles. The molecule has 2 nitrogen and oxygen atoms in total. The lowest BCUT2D eigenvalue weighted by atomic mass is 9.89. The minimum atomic E-state index is 0.276. The van der Waals surface area contributed by atoms with Crippen molar-refractivity contribution in [3.63, 3.8) is 0 Å². The fourth-order valence-electron chi connectivity index (χ4n) is 2.25. The predicted molar refractivity (Wildman–Crippen MR) is 63.3 cm³/mol. The molecule has 82 valence electrons. The van der Waals surface area contributed by atoms with E-state index in [1.807, 2.05) is 0 Å². The first-order valence-corrected chi connectivity index (χ1v) is 5.69. The molecule has 2 rings (SSSR count).